The molecule has 0 radical (unpaired) electrons. The summed E-state index contributed by atoms with van der Waals surface area (Å²) in [5.41, 5.74) is 1.87. The van der Waals surface area contributed by atoms with Crippen LogP contribution in [-0.4, -0.2) is 28.8 Å². The number of carbonyl (C=O) groups excluding carboxylic acids is 3. The SMILES string of the molecule is C/C=C/C1CCC(C(=O)C(C(=O)OCc2ccccc2)=P(c2ccccc2)(c2ccccc2)c2ccccc2)CC1.O=C(C=P(c1ccccc1)(c1ccccc1)c1ccccc1)OCc1ccccc1. The summed E-state index contributed by atoms with van der Waals surface area (Å²) in [6.07, 6.45) is 7.77. The molecule has 9 rings (SSSR count). The molecule has 8 aromatic rings. The Balaban J connectivity index is 0.000000200. The van der Waals surface area contributed by atoms with Gasteiger partial charge in [-0.2, -0.15) is 0 Å². The molecular weight excluding hydrogens is 911 g/mol. The average molecular weight is 971 g/mol. The van der Waals surface area contributed by atoms with Crippen molar-refractivity contribution in [1.82, 2.24) is 0 Å². The van der Waals surface area contributed by atoms with E-state index in [2.05, 4.69) is 84.9 Å². The molecule has 0 saturated heterocycles. The van der Waals surface area contributed by atoms with Crippen LogP contribution in [0.4, 0.5) is 0 Å². The molecule has 71 heavy (non-hydrogen) atoms. The molecule has 0 amide bonds. The highest BCUT2D eigenvalue weighted by Crippen LogP contribution is 2.48. The van der Waals surface area contributed by atoms with Gasteiger partial charge in [0.2, 0.25) is 0 Å². The summed E-state index contributed by atoms with van der Waals surface area (Å²) in [6, 6.07) is 80.5. The number of hydrogen-bond donors (Lipinski definition) is 0. The smallest absolute Gasteiger partial charge is 0.343 e. The molecule has 0 atom stereocenters. The molecule has 1 saturated carbocycles. The first-order chi connectivity index (χ1) is 34.9. The van der Waals surface area contributed by atoms with E-state index in [-0.39, 0.29) is 30.9 Å². The molecule has 0 unspecified atom stereocenters. The molecule has 8 aromatic carbocycles. The third-order valence-corrected chi connectivity index (χ3v) is 21.3. The van der Waals surface area contributed by atoms with Crippen molar-refractivity contribution in [3.05, 3.63) is 266 Å². The fraction of sp³-hybridized carbons (Fsp3) is 0.141. The average Bonchev–Trinajstić information content (AvgIpc) is 3.45. The normalized spacial score (nSPS) is 14.5. The molecule has 0 heterocycles. The summed E-state index contributed by atoms with van der Waals surface area (Å²) in [7, 11) is 0. The Morgan fingerprint density at radius 1 is 0.437 bits per heavy atom. The molecule has 0 aromatic heterocycles. The fourth-order valence-electron chi connectivity index (χ4n) is 9.61. The van der Waals surface area contributed by atoms with Crippen molar-refractivity contribution in [1.29, 1.82) is 0 Å². The number of rotatable bonds is 15. The largest absolute Gasteiger partial charge is 0.458 e. The maximum atomic E-state index is 14.9. The molecule has 1 aliphatic rings. The van der Waals surface area contributed by atoms with Gasteiger partial charge in [-0.25, -0.2) is 9.59 Å². The zero-order valence-corrected chi connectivity index (χ0v) is 41.9. The van der Waals surface area contributed by atoms with Crippen LogP contribution >= 0.6 is 13.8 Å². The molecule has 0 N–H and O–H groups in total. The number of allylic oxidation sites excluding steroid dienone is 2. The van der Waals surface area contributed by atoms with Crippen LogP contribution in [0, 0.1) is 11.8 Å². The summed E-state index contributed by atoms with van der Waals surface area (Å²) in [6.45, 7) is -2.82. The first-order valence-electron chi connectivity index (χ1n) is 24.4. The van der Waals surface area contributed by atoms with Gasteiger partial charge in [-0.1, -0.05) is 255 Å². The Kier molecular flexibility index (Phi) is 17.7. The van der Waals surface area contributed by atoms with E-state index in [9.17, 15) is 14.4 Å². The van der Waals surface area contributed by atoms with Gasteiger partial charge in [0.15, 0.2) is 5.78 Å². The third-order valence-electron chi connectivity index (χ3n) is 13.0. The highest BCUT2D eigenvalue weighted by atomic mass is 31.2. The van der Waals surface area contributed by atoms with E-state index < -0.39 is 19.7 Å². The Bertz CT molecular complexity index is 2870. The maximum absolute atomic E-state index is 14.9. The van der Waals surface area contributed by atoms with E-state index in [0.29, 0.717) is 11.2 Å². The van der Waals surface area contributed by atoms with Crippen molar-refractivity contribution >= 4 is 74.4 Å². The number of carbonyl (C=O) groups is 3. The summed E-state index contributed by atoms with van der Waals surface area (Å²) in [4.78, 5) is 42.4. The van der Waals surface area contributed by atoms with Gasteiger partial charge < -0.3 is 9.47 Å². The lowest BCUT2D eigenvalue weighted by Crippen LogP contribution is -2.41. The van der Waals surface area contributed by atoms with E-state index in [1.165, 1.54) is 0 Å². The predicted molar refractivity (Wildman–Crippen MR) is 299 cm³/mol. The predicted octanol–water partition coefficient (Wildman–Crippen LogP) is 11.4. The number of Topliss-reactive ketones (excluding diaryl/α,β-unsaturated/α-hetero) is 1. The fourth-order valence-corrected chi connectivity index (χ4v) is 17.6. The first-order valence-corrected chi connectivity index (χ1v) is 28.0. The lowest BCUT2D eigenvalue weighted by atomic mass is 9.79. The Labute approximate surface area is 419 Å². The second kappa shape index (κ2) is 25.0. The lowest BCUT2D eigenvalue weighted by Gasteiger charge is -2.34. The summed E-state index contributed by atoms with van der Waals surface area (Å²) >= 11 is 0. The summed E-state index contributed by atoms with van der Waals surface area (Å²) in [5, 5.41) is 6.59. The lowest BCUT2D eigenvalue weighted by molar-refractivity contribution is -0.138. The van der Waals surface area contributed by atoms with Gasteiger partial charge in [-0.3, -0.25) is 4.79 Å². The topological polar surface area (TPSA) is 69.7 Å². The van der Waals surface area contributed by atoms with Crippen molar-refractivity contribution in [2.75, 3.05) is 0 Å². The minimum Gasteiger partial charge on any atom is -0.458 e. The maximum Gasteiger partial charge on any atom is 0.343 e. The van der Waals surface area contributed by atoms with Crippen molar-refractivity contribution < 1.29 is 23.9 Å². The Morgan fingerprint density at radius 3 is 1.11 bits per heavy atom. The van der Waals surface area contributed by atoms with Crippen molar-refractivity contribution in [2.45, 2.75) is 45.8 Å². The Morgan fingerprint density at radius 2 is 0.761 bits per heavy atom. The van der Waals surface area contributed by atoms with E-state index in [1.807, 2.05) is 183 Å². The van der Waals surface area contributed by atoms with Crippen LogP contribution in [0.15, 0.2) is 255 Å². The quantitative estimate of drug-likeness (QED) is 0.0443. The minimum absolute atomic E-state index is 0.0631. The van der Waals surface area contributed by atoms with Crippen molar-refractivity contribution in [3.8, 4) is 0 Å². The van der Waals surface area contributed by atoms with Crippen LogP contribution in [-0.2, 0) is 37.1 Å². The zero-order chi connectivity index (χ0) is 49.1. The van der Waals surface area contributed by atoms with Crippen molar-refractivity contribution in [3.63, 3.8) is 0 Å². The van der Waals surface area contributed by atoms with E-state index in [1.54, 1.807) is 0 Å². The van der Waals surface area contributed by atoms with Gasteiger partial charge in [0.05, 0.1) is 0 Å². The molecular formula is C64H60O5P2. The molecule has 0 spiro atoms. The van der Waals surface area contributed by atoms with E-state index in [4.69, 9.17) is 9.47 Å². The van der Waals surface area contributed by atoms with Gasteiger partial charge in [-0.15, -0.1) is 0 Å². The first kappa shape index (κ1) is 50.1. The third kappa shape index (κ3) is 12.0. The Hall–Kier alpha value is -7.29. The van der Waals surface area contributed by atoms with Crippen LogP contribution in [0.25, 0.3) is 0 Å². The van der Waals surface area contributed by atoms with Gasteiger partial charge >= 0.3 is 11.9 Å². The summed E-state index contributed by atoms with van der Waals surface area (Å²) in [5.74, 6) is 1.20. The minimum atomic E-state index is -2.91. The molecule has 0 bridgehead atoms. The molecule has 7 heteroatoms. The highest BCUT2D eigenvalue weighted by Gasteiger charge is 2.41. The molecule has 5 nitrogen and oxygen atoms in total. The molecule has 356 valence electrons. The standard InChI is InChI=1S/C37H37O3P.C27H23O2P/c1-2-15-29-24-26-31(27-25-29)35(38)36(37(39)40-28-30-16-7-3-8-17-30)41(32-18-9-4-10-19-32,33-20-11-5-12-21-33)34-22-13-6-14-23-34;28-27(29-21-23-13-5-1-6-14-23)22-30(24-15-7-2-8-16-24,25-17-9-3-10-18-25)26-19-11-4-12-20-26/h2-23,29,31H,24-28H2,1H3;1-20,22H,21H2/b15-2+;. The molecule has 1 aliphatic carbocycles. The van der Waals surface area contributed by atoms with Crippen LogP contribution in [0.3, 0.4) is 0 Å². The monoisotopic (exact) mass is 970 g/mol. The second-order valence-electron chi connectivity index (χ2n) is 17.5. The number of esters is 2. The number of ketones is 1. The van der Waals surface area contributed by atoms with E-state index in [0.717, 1.165) is 68.6 Å². The van der Waals surface area contributed by atoms with E-state index >= 15 is 0 Å². The van der Waals surface area contributed by atoms with Crippen LogP contribution in [0.2, 0.25) is 0 Å². The zero-order valence-electron chi connectivity index (χ0n) is 40.2. The molecule has 0 aliphatic heterocycles. The number of ether oxygens (including phenoxy) is 2. The highest BCUT2D eigenvalue weighted by molar-refractivity contribution is 7.97. The second-order valence-corrected chi connectivity index (χ2v) is 24.1. The van der Waals surface area contributed by atoms with Crippen LogP contribution in [0.1, 0.15) is 43.7 Å². The van der Waals surface area contributed by atoms with Crippen molar-refractivity contribution in [2.24, 2.45) is 11.8 Å². The molecule has 1 fully saturated rings. The number of hydrogen-bond acceptors (Lipinski definition) is 5. The van der Waals surface area contributed by atoms with Gasteiger partial charge in [0.25, 0.3) is 0 Å². The van der Waals surface area contributed by atoms with Crippen LogP contribution in [0.5, 0.6) is 0 Å². The summed E-state index contributed by atoms with van der Waals surface area (Å²) < 4.78 is 11.7. The number of benzene rings is 8. The van der Waals surface area contributed by atoms with Gasteiger partial charge in [0.1, 0.15) is 18.5 Å². The van der Waals surface area contributed by atoms with Gasteiger partial charge in [-0.05, 0) is 95.3 Å². The van der Waals surface area contributed by atoms with Crippen LogP contribution < -0.4 is 31.8 Å². The van der Waals surface area contributed by atoms with Gasteiger partial charge in [0, 0.05) is 11.7 Å².